The molecule has 0 aliphatic carbocycles. The Kier molecular flexibility index (Phi) is 3.57. The summed E-state index contributed by atoms with van der Waals surface area (Å²) in [5.41, 5.74) is -0.0256. The van der Waals surface area contributed by atoms with E-state index in [4.69, 9.17) is 16.8 Å². The van der Waals surface area contributed by atoms with Crippen molar-refractivity contribution in [2.45, 2.75) is 6.92 Å². The van der Waals surface area contributed by atoms with Gasteiger partial charge in [-0.3, -0.25) is 9.59 Å². The van der Waals surface area contributed by atoms with Crippen LogP contribution in [0.25, 0.3) is 0 Å². The molecular weight excluding hydrogens is 218 g/mol. The predicted octanol–water partition coefficient (Wildman–Crippen LogP) is 1.94. The third kappa shape index (κ3) is 2.63. The van der Waals surface area contributed by atoms with E-state index in [0.29, 0.717) is 5.02 Å². The molecule has 15 heavy (non-hydrogen) atoms. The minimum absolute atomic E-state index is 0.215. The molecule has 0 heterocycles. The molecule has 0 fully saturated rings. The highest BCUT2D eigenvalue weighted by atomic mass is 35.5. The Balaban J connectivity index is 2.95. The van der Waals surface area contributed by atoms with Gasteiger partial charge in [0.2, 0.25) is 5.78 Å². The minimum atomic E-state index is -0.833. The Morgan fingerprint density at radius 2 is 1.80 bits per heavy atom. The number of Topliss-reactive ketones (excluding diaryl/α,β-unsaturated/α-hetero) is 2. The van der Waals surface area contributed by atoms with Crippen LogP contribution in [-0.4, -0.2) is 22.5 Å². The summed E-state index contributed by atoms with van der Waals surface area (Å²) in [7, 11) is 0. The zero-order chi connectivity index (χ0) is 11.4. The van der Waals surface area contributed by atoms with E-state index in [-0.39, 0.29) is 11.3 Å². The molecule has 1 N–H and O–H groups in total. The van der Waals surface area contributed by atoms with Crippen LogP contribution in [0.3, 0.4) is 0 Å². The van der Waals surface area contributed by atoms with Crippen LogP contribution in [0.5, 0.6) is 0 Å². The molecule has 0 spiro atoms. The summed E-state index contributed by atoms with van der Waals surface area (Å²) in [5.74, 6) is -1.55. The highest BCUT2D eigenvalue weighted by Crippen LogP contribution is 2.10. The average Bonchev–Trinajstić information content (AvgIpc) is 2.27. The van der Waals surface area contributed by atoms with Gasteiger partial charge < -0.3 is 5.21 Å². The second-order valence-corrected chi connectivity index (χ2v) is 3.29. The van der Waals surface area contributed by atoms with E-state index in [0.717, 1.165) is 0 Å². The third-order valence-corrected chi connectivity index (χ3v) is 2.04. The molecule has 0 aromatic heterocycles. The van der Waals surface area contributed by atoms with E-state index in [9.17, 15) is 9.59 Å². The van der Waals surface area contributed by atoms with Crippen molar-refractivity contribution in [2.24, 2.45) is 5.16 Å². The molecule has 78 valence electrons. The van der Waals surface area contributed by atoms with E-state index in [1.807, 2.05) is 0 Å². The zero-order valence-corrected chi connectivity index (χ0v) is 8.65. The number of ketones is 2. The van der Waals surface area contributed by atoms with Crippen LogP contribution < -0.4 is 0 Å². The first kappa shape index (κ1) is 11.4. The molecule has 0 unspecified atom stereocenters. The van der Waals surface area contributed by atoms with Crippen LogP contribution in [0.15, 0.2) is 29.4 Å². The van der Waals surface area contributed by atoms with Gasteiger partial charge in [-0.05, 0) is 31.2 Å². The zero-order valence-electron chi connectivity index (χ0n) is 7.90. The van der Waals surface area contributed by atoms with Gasteiger partial charge in [0.05, 0.1) is 0 Å². The molecule has 0 saturated carbocycles. The predicted molar refractivity (Wildman–Crippen MR) is 55.7 cm³/mol. The van der Waals surface area contributed by atoms with Crippen molar-refractivity contribution in [1.82, 2.24) is 0 Å². The van der Waals surface area contributed by atoms with E-state index < -0.39 is 11.6 Å². The minimum Gasteiger partial charge on any atom is -0.411 e. The van der Waals surface area contributed by atoms with Crippen LogP contribution in [0.2, 0.25) is 5.02 Å². The van der Waals surface area contributed by atoms with Crippen molar-refractivity contribution in [3.63, 3.8) is 0 Å². The maximum atomic E-state index is 11.5. The average molecular weight is 226 g/mol. The fraction of sp³-hybridized carbons (Fsp3) is 0.100. The van der Waals surface area contributed by atoms with Gasteiger partial charge in [0.15, 0.2) is 0 Å². The Bertz CT molecular complexity index is 423. The summed E-state index contributed by atoms with van der Waals surface area (Å²) in [5, 5.41) is 11.5. The molecule has 0 radical (unpaired) electrons. The van der Waals surface area contributed by atoms with E-state index in [2.05, 4.69) is 5.16 Å². The van der Waals surface area contributed by atoms with Gasteiger partial charge in [-0.1, -0.05) is 16.8 Å². The lowest BCUT2D eigenvalue weighted by Crippen LogP contribution is -2.21. The van der Waals surface area contributed by atoms with Crippen molar-refractivity contribution >= 4 is 28.9 Å². The Hall–Kier alpha value is -1.68. The number of hydrogen-bond donors (Lipinski definition) is 1. The normalized spacial score (nSPS) is 11.2. The summed E-state index contributed by atoms with van der Waals surface area (Å²) in [4.78, 5) is 22.8. The van der Waals surface area contributed by atoms with Gasteiger partial charge in [0.25, 0.3) is 5.78 Å². The molecule has 1 aromatic rings. The van der Waals surface area contributed by atoms with E-state index in [1.165, 1.54) is 31.2 Å². The van der Waals surface area contributed by atoms with Crippen molar-refractivity contribution < 1.29 is 14.8 Å². The number of oxime groups is 1. The molecular formula is C10H8ClNO3. The molecule has 0 bridgehead atoms. The standard InChI is InChI=1S/C10H8ClNO3/c1-6(12-15)9(13)10(14)7-2-4-8(11)5-3-7/h2-5,15H,1H3. The molecule has 0 atom stereocenters. The summed E-state index contributed by atoms with van der Waals surface area (Å²) in [6.07, 6.45) is 0. The molecule has 0 aliphatic heterocycles. The van der Waals surface area contributed by atoms with Gasteiger partial charge in [-0.15, -0.1) is 0 Å². The quantitative estimate of drug-likeness (QED) is 0.281. The van der Waals surface area contributed by atoms with Crippen LogP contribution in [-0.2, 0) is 4.79 Å². The van der Waals surface area contributed by atoms with Crippen LogP contribution in [0.1, 0.15) is 17.3 Å². The maximum Gasteiger partial charge on any atom is 0.250 e. The molecule has 1 rings (SSSR count). The van der Waals surface area contributed by atoms with Crippen molar-refractivity contribution in [3.8, 4) is 0 Å². The SMILES string of the molecule is CC(=NO)C(=O)C(=O)c1ccc(Cl)cc1. The van der Waals surface area contributed by atoms with Crippen molar-refractivity contribution in [2.75, 3.05) is 0 Å². The second kappa shape index (κ2) is 4.70. The molecule has 1 aromatic carbocycles. The first-order valence-corrected chi connectivity index (χ1v) is 4.47. The number of carbonyl (C=O) groups is 2. The van der Waals surface area contributed by atoms with Crippen LogP contribution >= 0.6 is 11.6 Å². The summed E-state index contributed by atoms with van der Waals surface area (Å²) in [6.45, 7) is 1.26. The first-order chi connectivity index (χ1) is 7.06. The monoisotopic (exact) mass is 225 g/mol. The van der Waals surface area contributed by atoms with E-state index in [1.54, 1.807) is 0 Å². The first-order valence-electron chi connectivity index (χ1n) is 4.09. The fourth-order valence-electron chi connectivity index (χ4n) is 0.942. The van der Waals surface area contributed by atoms with Crippen LogP contribution in [0, 0.1) is 0 Å². The van der Waals surface area contributed by atoms with Gasteiger partial charge in [0, 0.05) is 10.6 Å². The second-order valence-electron chi connectivity index (χ2n) is 2.85. The topological polar surface area (TPSA) is 66.7 Å². The van der Waals surface area contributed by atoms with Crippen molar-refractivity contribution in [3.05, 3.63) is 34.9 Å². The number of hydrogen-bond acceptors (Lipinski definition) is 4. The van der Waals surface area contributed by atoms with Gasteiger partial charge >= 0.3 is 0 Å². The number of rotatable bonds is 3. The van der Waals surface area contributed by atoms with E-state index >= 15 is 0 Å². The van der Waals surface area contributed by atoms with Gasteiger partial charge in [-0.2, -0.15) is 0 Å². The molecule has 0 saturated heterocycles. The largest absolute Gasteiger partial charge is 0.411 e. The maximum absolute atomic E-state index is 11.5. The highest BCUT2D eigenvalue weighted by Gasteiger charge is 2.19. The Labute approximate surface area is 91.2 Å². The fourth-order valence-corrected chi connectivity index (χ4v) is 1.07. The van der Waals surface area contributed by atoms with Gasteiger partial charge in [0.1, 0.15) is 5.71 Å². The lowest BCUT2D eigenvalue weighted by Gasteiger charge is -1.98. The number of carbonyl (C=O) groups excluding carboxylic acids is 2. The third-order valence-electron chi connectivity index (χ3n) is 1.79. The Morgan fingerprint density at radius 1 is 1.27 bits per heavy atom. The Morgan fingerprint density at radius 3 is 2.27 bits per heavy atom. The van der Waals surface area contributed by atoms with Crippen molar-refractivity contribution in [1.29, 1.82) is 0 Å². The van der Waals surface area contributed by atoms with Gasteiger partial charge in [-0.25, -0.2) is 0 Å². The number of nitrogens with zero attached hydrogens (tertiary/aromatic N) is 1. The summed E-state index contributed by atoms with van der Waals surface area (Å²) < 4.78 is 0. The highest BCUT2D eigenvalue weighted by molar-refractivity contribution is 6.67. The smallest absolute Gasteiger partial charge is 0.250 e. The molecule has 0 aliphatic rings. The number of halogens is 1. The summed E-state index contributed by atoms with van der Waals surface area (Å²) in [6, 6.07) is 5.89. The van der Waals surface area contributed by atoms with Crippen LogP contribution in [0.4, 0.5) is 0 Å². The lowest BCUT2D eigenvalue weighted by atomic mass is 10.1. The summed E-state index contributed by atoms with van der Waals surface area (Å²) >= 11 is 5.63. The lowest BCUT2D eigenvalue weighted by molar-refractivity contribution is -0.109. The molecule has 4 nitrogen and oxygen atoms in total. The number of benzene rings is 1. The molecule has 5 heteroatoms. The molecule has 0 amide bonds.